The molecule has 4 heteroatoms. The van der Waals surface area contributed by atoms with Gasteiger partial charge < -0.3 is 0 Å². The second-order valence-corrected chi connectivity index (χ2v) is 3.94. The van der Waals surface area contributed by atoms with E-state index in [1.54, 1.807) is 19.2 Å². The predicted molar refractivity (Wildman–Crippen MR) is 54.9 cm³/mol. The number of rotatable bonds is 2. The van der Waals surface area contributed by atoms with Crippen molar-refractivity contribution in [3.8, 4) is 0 Å². The van der Waals surface area contributed by atoms with Crippen molar-refractivity contribution in [2.45, 2.75) is 20.8 Å². The van der Waals surface area contributed by atoms with Crippen molar-refractivity contribution in [1.29, 1.82) is 0 Å². The molecule has 1 N–H and O–H groups in total. The number of carbonyl (C=O) groups is 1. The number of nitrogens with one attached hydrogen (secondary N) is 1. The minimum Gasteiger partial charge on any atom is -0.298 e. The highest BCUT2D eigenvalue weighted by Gasteiger charge is 2.05. The number of thiazole rings is 1. The summed E-state index contributed by atoms with van der Waals surface area (Å²) >= 11 is 1.47. The zero-order valence-corrected chi connectivity index (χ0v) is 8.73. The number of anilines is 1. The predicted octanol–water partition coefficient (Wildman–Crippen LogP) is 2.36. The van der Waals surface area contributed by atoms with Crippen LogP contribution in [0.1, 0.15) is 18.7 Å². The number of allylic oxidation sites excluding steroid dienone is 1. The third-order valence-corrected chi connectivity index (χ3v) is 2.46. The van der Waals surface area contributed by atoms with Crippen LogP contribution in [-0.4, -0.2) is 10.9 Å². The number of hydrogen-bond acceptors (Lipinski definition) is 3. The maximum atomic E-state index is 11.3. The van der Waals surface area contributed by atoms with Gasteiger partial charge in [-0.2, -0.15) is 0 Å². The molecule has 1 amide bonds. The van der Waals surface area contributed by atoms with Crippen LogP contribution in [0.5, 0.6) is 0 Å². The van der Waals surface area contributed by atoms with Crippen LogP contribution in [0.2, 0.25) is 0 Å². The van der Waals surface area contributed by atoms with E-state index in [9.17, 15) is 4.79 Å². The summed E-state index contributed by atoms with van der Waals surface area (Å²) in [6.45, 7) is 5.56. The number of nitrogens with zero attached hydrogens (tertiary/aromatic N) is 1. The van der Waals surface area contributed by atoms with Gasteiger partial charge in [-0.05, 0) is 20.8 Å². The van der Waals surface area contributed by atoms with Crippen LogP contribution in [0, 0.1) is 6.92 Å². The fourth-order valence-corrected chi connectivity index (χ4v) is 1.40. The van der Waals surface area contributed by atoms with Gasteiger partial charge in [-0.15, -0.1) is 11.3 Å². The number of aryl methyl sites for hydroxylation is 1. The lowest BCUT2D eigenvalue weighted by atomic mass is 10.3. The van der Waals surface area contributed by atoms with Gasteiger partial charge in [0.15, 0.2) is 5.13 Å². The summed E-state index contributed by atoms with van der Waals surface area (Å²) in [7, 11) is 0. The molecule has 0 aromatic carbocycles. The molecule has 0 saturated carbocycles. The molecule has 0 bridgehead atoms. The smallest absolute Gasteiger partial charge is 0.252 e. The van der Waals surface area contributed by atoms with Gasteiger partial charge >= 0.3 is 0 Å². The molecule has 0 aliphatic heterocycles. The highest BCUT2D eigenvalue weighted by atomic mass is 32.1. The van der Waals surface area contributed by atoms with Gasteiger partial charge in [-0.1, -0.05) is 6.08 Å². The second-order valence-electron chi connectivity index (χ2n) is 2.70. The van der Waals surface area contributed by atoms with E-state index in [-0.39, 0.29) is 5.91 Å². The Balaban J connectivity index is 2.65. The highest BCUT2D eigenvalue weighted by Crippen LogP contribution is 2.16. The van der Waals surface area contributed by atoms with E-state index in [2.05, 4.69) is 10.3 Å². The van der Waals surface area contributed by atoms with Crippen LogP contribution >= 0.6 is 11.3 Å². The molecule has 1 heterocycles. The number of carbonyl (C=O) groups excluding carboxylic acids is 1. The first kappa shape index (κ1) is 9.92. The van der Waals surface area contributed by atoms with Crippen molar-refractivity contribution < 1.29 is 4.79 Å². The lowest BCUT2D eigenvalue weighted by molar-refractivity contribution is -0.112. The number of amides is 1. The molecule has 0 atom stereocenters. The average molecular weight is 196 g/mol. The minimum atomic E-state index is -0.0862. The van der Waals surface area contributed by atoms with E-state index in [1.165, 1.54) is 11.3 Å². The fourth-order valence-electron chi connectivity index (χ4n) is 0.739. The Kier molecular flexibility index (Phi) is 3.19. The first-order valence-electron chi connectivity index (χ1n) is 4.00. The van der Waals surface area contributed by atoms with Crippen molar-refractivity contribution in [3.63, 3.8) is 0 Å². The van der Waals surface area contributed by atoms with E-state index in [0.717, 1.165) is 4.88 Å². The van der Waals surface area contributed by atoms with Gasteiger partial charge in [0, 0.05) is 16.6 Å². The quantitative estimate of drug-likeness (QED) is 0.738. The monoisotopic (exact) mass is 196 g/mol. The highest BCUT2D eigenvalue weighted by molar-refractivity contribution is 7.15. The third kappa shape index (κ3) is 2.66. The molecule has 1 aromatic rings. The van der Waals surface area contributed by atoms with Crippen molar-refractivity contribution in [2.75, 3.05) is 5.32 Å². The SMILES string of the molecule is C/C=C(/C)C(=O)Nc1ncc(C)s1. The Bertz CT molecular complexity index is 341. The summed E-state index contributed by atoms with van der Waals surface area (Å²) in [5, 5.41) is 3.37. The zero-order valence-electron chi connectivity index (χ0n) is 7.92. The maximum Gasteiger partial charge on any atom is 0.252 e. The first-order chi connectivity index (χ1) is 6.13. The van der Waals surface area contributed by atoms with Crippen LogP contribution in [-0.2, 0) is 4.79 Å². The molecule has 0 fully saturated rings. The third-order valence-electron chi connectivity index (χ3n) is 1.63. The molecule has 0 radical (unpaired) electrons. The fraction of sp³-hybridized carbons (Fsp3) is 0.333. The van der Waals surface area contributed by atoms with Crippen LogP contribution in [0.25, 0.3) is 0 Å². The topological polar surface area (TPSA) is 42.0 Å². The second kappa shape index (κ2) is 4.18. The average Bonchev–Trinajstić information content (AvgIpc) is 2.49. The van der Waals surface area contributed by atoms with Crippen molar-refractivity contribution in [1.82, 2.24) is 4.98 Å². The summed E-state index contributed by atoms with van der Waals surface area (Å²) in [5.41, 5.74) is 0.702. The standard InChI is InChI=1S/C9H12N2OS/c1-4-6(2)8(12)11-9-10-5-7(3)13-9/h4-5H,1-3H3,(H,10,11,12)/b6-4-. The molecular weight excluding hydrogens is 184 g/mol. The molecule has 13 heavy (non-hydrogen) atoms. The van der Waals surface area contributed by atoms with E-state index in [0.29, 0.717) is 10.7 Å². The number of hydrogen-bond donors (Lipinski definition) is 1. The Labute approximate surface area is 81.5 Å². The largest absolute Gasteiger partial charge is 0.298 e. The minimum absolute atomic E-state index is 0.0862. The lowest BCUT2D eigenvalue weighted by Crippen LogP contribution is -2.11. The molecular formula is C9H12N2OS. The first-order valence-corrected chi connectivity index (χ1v) is 4.82. The van der Waals surface area contributed by atoms with Gasteiger partial charge in [0.05, 0.1) is 0 Å². The van der Waals surface area contributed by atoms with Crippen molar-refractivity contribution >= 4 is 22.4 Å². The van der Waals surface area contributed by atoms with E-state index < -0.39 is 0 Å². The molecule has 1 aromatic heterocycles. The molecule has 0 aliphatic carbocycles. The van der Waals surface area contributed by atoms with Gasteiger partial charge in [0.25, 0.3) is 5.91 Å². The summed E-state index contributed by atoms with van der Waals surface area (Å²) in [6.07, 6.45) is 3.51. The van der Waals surface area contributed by atoms with Gasteiger partial charge in [0.2, 0.25) is 0 Å². The number of aromatic nitrogens is 1. The molecule has 0 spiro atoms. The molecule has 3 nitrogen and oxygen atoms in total. The van der Waals surface area contributed by atoms with Gasteiger partial charge in [-0.25, -0.2) is 4.98 Å². The van der Waals surface area contributed by atoms with Crippen molar-refractivity contribution in [2.24, 2.45) is 0 Å². The summed E-state index contributed by atoms with van der Waals surface area (Å²) < 4.78 is 0. The Hall–Kier alpha value is -1.16. The van der Waals surface area contributed by atoms with Crippen molar-refractivity contribution in [3.05, 3.63) is 22.7 Å². The Morgan fingerprint density at radius 1 is 1.69 bits per heavy atom. The summed E-state index contributed by atoms with van der Waals surface area (Å²) in [4.78, 5) is 16.5. The summed E-state index contributed by atoms with van der Waals surface area (Å²) in [6, 6.07) is 0. The summed E-state index contributed by atoms with van der Waals surface area (Å²) in [5.74, 6) is -0.0862. The lowest BCUT2D eigenvalue weighted by Gasteiger charge is -1.99. The Morgan fingerprint density at radius 3 is 2.85 bits per heavy atom. The molecule has 0 saturated heterocycles. The normalized spacial score (nSPS) is 11.5. The van der Waals surface area contributed by atoms with Gasteiger partial charge in [0.1, 0.15) is 0 Å². The maximum absolute atomic E-state index is 11.3. The Morgan fingerprint density at radius 2 is 2.38 bits per heavy atom. The molecule has 1 rings (SSSR count). The van der Waals surface area contributed by atoms with Crippen LogP contribution in [0.15, 0.2) is 17.8 Å². The van der Waals surface area contributed by atoms with Gasteiger partial charge in [-0.3, -0.25) is 10.1 Å². The van der Waals surface area contributed by atoms with Crippen LogP contribution < -0.4 is 5.32 Å². The van der Waals surface area contributed by atoms with E-state index in [4.69, 9.17) is 0 Å². The zero-order chi connectivity index (χ0) is 9.84. The van der Waals surface area contributed by atoms with E-state index in [1.807, 2.05) is 13.8 Å². The van der Waals surface area contributed by atoms with Crippen LogP contribution in [0.4, 0.5) is 5.13 Å². The molecule has 0 unspecified atom stereocenters. The molecule has 70 valence electrons. The van der Waals surface area contributed by atoms with E-state index >= 15 is 0 Å². The molecule has 0 aliphatic rings. The van der Waals surface area contributed by atoms with Crippen LogP contribution in [0.3, 0.4) is 0 Å².